The highest BCUT2D eigenvalue weighted by molar-refractivity contribution is 8.13. The Morgan fingerprint density at radius 2 is 2.47 bits per heavy atom. The largest absolute Gasteiger partial charge is 0.481 e. The summed E-state index contributed by atoms with van der Waals surface area (Å²) in [5.41, 5.74) is 0. The molecular formula is C11H18N2O2S2. The van der Waals surface area contributed by atoms with Gasteiger partial charge in [-0.05, 0) is 19.1 Å². The SMILES string of the molecule is CSC1=NC2C(CSC2CCCCC(=O)O)N1. The van der Waals surface area contributed by atoms with E-state index < -0.39 is 5.97 Å². The van der Waals surface area contributed by atoms with Crippen molar-refractivity contribution in [1.82, 2.24) is 5.32 Å². The molecule has 96 valence electrons. The number of hydrogen-bond donors (Lipinski definition) is 2. The highest BCUT2D eigenvalue weighted by Gasteiger charge is 2.40. The van der Waals surface area contributed by atoms with Crippen LogP contribution in [-0.4, -0.2) is 45.6 Å². The Balaban J connectivity index is 1.75. The fourth-order valence-electron chi connectivity index (χ4n) is 2.30. The van der Waals surface area contributed by atoms with Crippen LogP contribution in [0.25, 0.3) is 0 Å². The number of nitrogens with one attached hydrogen (secondary N) is 1. The first-order valence-electron chi connectivity index (χ1n) is 5.92. The summed E-state index contributed by atoms with van der Waals surface area (Å²) in [4.78, 5) is 15.1. The van der Waals surface area contributed by atoms with E-state index in [1.165, 1.54) is 0 Å². The van der Waals surface area contributed by atoms with Gasteiger partial charge in [-0.1, -0.05) is 18.2 Å². The Labute approximate surface area is 110 Å². The van der Waals surface area contributed by atoms with Crippen LogP contribution in [0.15, 0.2) is 4.99 Å². The maximum absolute atomic E-state index is 10.4. The van der Waals surface area contributed by atoms with E-state index >= 15 is 0 Å². The highest BCUT2D eigenvalue weighted by Crippen LogP contribution is 2.36. The Hall–Kier alpha value is -0.360. The summed E-state index contributed by atoms with van der Waals surface area (Å²) in [5, 5.41) is 13.7. The van der Waals surface area contributed by atoms with Crippen LogP contribution in [0, 0.1) is 0 Å². The second-order valence-electron chi connectivity index (χ2n) is 4.39. The summed E-state index contributed by atoms with van der Waals surface area (Å²) in [6.45, 7) is 0. The number of hydrogen-bond acceptors (Lipinski definition) is 5. The van der Waals surface area contributed by atoms with Crippen LogP contribution in [0.4, 0.5) is 0 Å². The van der Waals surface area contributed by atoms with Crippen molar-refractivity contribution in [3.63, 3.8) is 0 Å². The topological polar surface area (TPSA) is 61.7 Å². The summed E-state index contributed by atoms with van der Waals surface area (Å²) in [6, 6.07) is 0.916. The molecule has 3 atom stereocenters. The van der Waals surface area contributed by atoms with Crippen LogP contribution in [0.5, 0.6) is 0 Å². The Bertz CT molecular complexity index is 323. The molecule has 1 saturated heterocycles. The van der Waals surface area contributed by atoms with Gasteiger partial charge in [0, 0.05) is 17.4 Å². The van der Waals surface area contributed by atoms with Gasteiger partial charge in [0.25, 0.3) is 0 Å². The lowest BCUT2D eigenvalue weighted by molar-refractivity contribution is -0.137. The van der Waals surface area contributed by atoms with Gasteiger partial charge in [0.05, 0.1) is 12.1 Å². The van der Waals surface area contributed by atoms with Gasteiger partial charge < -0.3 is 10.4 Å². The molecule has 0 aromatic carbocycles. The maximum atomic E-state index is 10.4. The number of fused-ring (bicyclic) bond motifs is 1. The molecule has 2 aliphatic heterocycles. The molecule has 3 unspecified atom stereocenters. The van der Waals surface area contributed by atoms with Gasteiger partial charge in [-0.25, -0.2) is 0 Å². The number of aliphatic imine (C=N–C) groups is 1. The van der Waals surface area contributed by atoms with Crippen molar-refractivity contribution in [2.24, 2.45) is 4.99 Å². The van der Waals surface area contributed by atoms with Gasteiger partial charge in [0.15, 0.2) is 5.17 Å². The predicted octanol–water partition coefficient (Wildman–Crippen LogP) is 1.81. The fraction of sp³-hybridized carbons (Fsp3) is 0.818. The smallest absolute Gasteiger partial charge is 0.303 e. The zero-order chi connectivity index (χ0) is 12.3. The minimum absolute atomic E-state index is 0.295. The van der Waals surface area contributed by atoms with Crippen LogP contribution in [0.1, 0.15) is 25.7 Å². The highest BCUT2D eigenvalue weighted by atomic mass is 32.2. The van der Waals surface area contributed by atoms with Gasteiger partial charge in [0.1, 0.15) is 0 Å². The van der Waals surface area contributed by atoms with E-state index in [0.717, 1.165) is 30.2 Å². The zero-order valence-corrected chi connectivity index (χ0v) is 11.5. The van der Waals surface area contributed by atoms with E-state index in [-0.39, 0.29) is 0 Å². The molecule has 17 heavy (non-hydrogen) atoms. The number of amidine groups is 1. The van der Waals surface area contributed by atoms with Crippen molar-refractivity contribution in [2.75, 3.05) is 12.0 Å². The lowest BCUT2D eigenvalue weighted by atomic mass is 10.0. The quantitative estimate of drug-likeness (QED) is 0.749. The van der Waals surface area contributed by atoms with Gasteiger partial charge in [-0.15, -0.1) is 0 Å². The molecule has 2 rings (SSSR count). The molecular weight excluding hydrogens is 256 g/mol. The van der Waals surface area contributed by atoms with E-state index in [1.807, 2.05) is 18.0 Å². The number of aliphatic carboxylic acids is 1. The van der Waals surface area contributed by atoms with E-state index in [2.05, 4.69) is 5.32 Å². The normalized spacial score (nSPS) is 30.9. The van der Waals surface area contributed by atoms with Crippen LogP contribution in [-0.2, 0) is 4.79 Å². The third kappa shape index (κ3) is 3.31. The molecule has 0 aromatic heterocycles. The number of unbranched alkanes of at least 4 members (excludes halogenated alkanes) is 1. The Morgan fingerprint density at radius 1 is 1.65 bits per heavy atom. The first kappa shape index (κ1) is 13.1. The third-order valence-electron chi connectivity index (χ3n) is 3.18. The lowest BCUT2D eigenvalue weighted by Crippen LogP contribution is -2.34. The summed E-state index contributed by atoms with van der Waals surface area (Å²) < 4.78 is 0. The average molecular weight is 274 g/mol. The van der Waals surface area contributed by atoms with Gasteiger partial charge in [0.2, 0.25) is 0 Å². The van der Waals surface area contributed by atoms with E-state index in [1.54, 1.807) is 11.8 Å². The van der Waals surface area contributed by atoms with Crippen LogP contribution >= 0.6 is 23.5 Å². The van der Waals surface area contributed by atoms with Gasteiger partial charge in [-0.2, -0.15) is 11.8 Å². The Kier molecular flexibility index (Phi) is 4.62. The molecule has 1 fully saturated rings. The predicted molar refractivity (Wildman–Crippen MR) is 74.0 cm³/mol. The number of thioether (sulfide) groups is 2. The number of carboxylic acid groups (broad SMARTS) is 1. The molecule has 2 aliphatic rings. The summed E-state index contributed by atoms with van der Waals surface area (Å²) >= 11 is 3.65. The monoisotopic (exact) mass is 274 g/mol. The molecule has 0 amide bonds. The molecule has 0 radical (unpaired) electrons. The average Bonchev–Trinajstić information content (AvgIpc) is 2.84. The zero-order valence-electron chi connectivity index (χ0n) is 9.89. The molecule has 0 bridgehead atoms. The number of carbonyl (C=O) groups is 1. The van der Waals surface area contributed by atoms with Crippen LogP contribution in [0.3, 0.4) is 0 Å². The van der Waals surface area contributed by atoms with Crippen LogP contribution in [0.2, 0.25) is 0 Å². The number of carboxylic acids is 1. The molecule has 0 aromatic rings. The standard InChI is InChI=1S/C11H18N2O2S2/c1-16-11-12-7-6-17-8(10(7)13-11)4-2-3-5-9(14)15/h7-8,10H,2-6H2,1H3,(H,12,13)(H,14,15). The molecule has 2 heterocycles. The second-order valence-corrected chi connectivity index (χ2v) is 6.46. The van der Waals surface area contributed by atoms with Crippen molar-refractivity contribution in [3.05, 3.63) is 0 Å². The van der Waals surface area contributed by atoms with Crippen molar-refractivity contribution in [2.45, 2.75) is 43.0 Å². The first-order chi connectivity index (χ1) is 8.20. The van der Waals surface area contributed by atoms with Crippen molar-refractivity contribution >= 4 is 34.7 Å². The van der Waals surface area contributed by atoms with Crippen molar-refractivity contribution in [1.29, 1.82) is 0 Å². The lowest BCUT2D eigenvalue weighted by Gasteiger charge is -2.13. The molecule has 4 nitrogen and oxygen atoms in total. The second kappa shape index (κ2) is 6.00. The minimum atomic E-state index is -0.688. The van der Waals surface area contributed by atoms with Gasteiger partial charge >= 0.3 is 5.97 Å². The van der Waals surface area contributed by atoms with E-state index in [9.17, 15) is 4.79 Å². The number of nitrogens with zero attached hydrogens (tertiary/aromatic N) is 1. The van der Waals surface area contributed by atoms with E-state index in [0.29, 0.717) is 23.8 Å². The summed E-state index contributed by atoms with van der Waals surface area (Å²) in [5.74, 6) is 0.439. The Morgan fingerprint density at radius 3 is 3.18 bits per heavy atom. The van der Waals surface area contributed by atoms with Crippen molar-refractivity contribution < 1.29 is 9.90 Å². The number of rotatable bonds is 5. The first-order valence-corrected chi connectivity index (χ1v) is 8.20. The molecule has 6 heteroatoms. The molecule has 2 N–H and O–H groups in total. The van der Waals surface area contributed by atoms with Crippen molar-refractivity contribution in [3.8, 4) is 0 Å². The maximum Gasteiger partial charge on any atom is 0.303 e. The summed E-state index contributed by atoms with van der Waals surface area (Å²) in [7, 11) is 0. The van der Waals surface area contributed by atoms with E-state index in [4.69, 9.17) is 10.1 Å². The van der Waals surface area contributed by atoms with Gasteiger partial charge in [-0.3, -0.25) is 9.79 Å². The fourth-order valence-corrected chi connectivity index (χ4v) is 4.31. The minimum Gasteiger partial charge on any atom is -0.481 e. The summed E-state index contributed by atoms with van der Waals surface area (Å²) in [6.07, 6.45) is 5.21. The van der Waals surface area contributed by atoms with Crippen LogP contribution < -0.4 is 5.32 Å². The molecule has 0 aliphatic carbocycles. The molecule has 0 spiro atoms. The molecule has 0 saturated carbocycles. The third-order valence-corrected chi connectivity index (χ3v) is 5.29.